The van der Waals surface area contributed by atoms with Crippen LogP contribution < -0.4 is 18.9 Å². The van der Waals surface area contributed by atoms with Gasteiger partial charge in [0, 0.05) is 23.1 Å². The van der Waals surface area contributed by atoms with E-state index in [0.29, 0.717) is 42.4 Å². The highest BCUT2D eigenvalue weighted by atomic mass is 16.5. The van der Waals surface area contributed by atoms with Crippen molar-refractivity contribution in [2.75, 3.05) is 35.0 Å². The third kappa shape index (κ3) is 3.01. The minimum absolute atomic E-state index is 0.0190. The maximum Gasteiger partial charge on any atom is 0.309 e. The quantitative estimate of drug-likeness (QED) is 0.790. The summed E-state index contributed by atoms with van der Waals surface area (Å²) in [5.41, 5.74) is 3.32. The summed E-state index contributed by atoms with van der Waals surface area (Å²) >= 11 is 0. The van der Waals surface area contributed by atoms with E-state index in [4.69, 9.17) is 23.7 Å². The fourth-order valence-electron chi connectivity index (χ4n) is 4.48. The lowest BCUT2D eigenvalue weighted by Gasteiger charge is -2.28. The molecule has 2 aromatic carbocycles. The Morgan fingerprint density at radius 2 is 1.55 bits per heavy atom. The topological polar surface area (TPSA) is 83.5 Å². The lowest BCUT2D eigenvalue weighted by molar-refractivity contribution is -0.141. The van der Waals surface area contributed by atoms with Crippen molar-refractivity contribution in [3.63, 3.8) is 0 Å². The molecule has 2 atom stereocenters. The molecule has 0 amide bonds. The Labute approximate surface area is 169 Å². The number of phenols is 1. The second-order valence-electron chi connectivity index (χ2n) is 7.27. The second-order valence-corrected chi connectivity index (χ2v) is 7.27. The molecular formula is C22H24O7. The molecule has 0 unspecified atom stereocenters. The number of carbonyl (C=O) groups is 1. The zero-order valence-electron chi connectivity index (χ0n) is 16.9. The van der Waals surface area contributed by atoms with E-state index in [9.17, 15) is 9.90 Å². The second kappa shape index (κ2) is 7.39. The first-order valence-electron chi connectivity index (χ1n) is 9.41. The van der Waals surface area contributed by atoms with Crippen molar-refractivity contribution in [2.24, 2.45) is 11.8 Å². The van der Waals surface area contributed by atoms with Gasteiger partial charge in [0.25, 0.3) is 0 Å². The number of benzene rings is 2. The molecule has 1 aliphatic carbocycles. The smallest absolute Gasteiger partial charge is 0.309 e. The highest BCUT2D eigenvalue weighted by molar-refractivity contribution is 5.87. The number of phenolic OH excluding ortho intramolecular Hbond substituents is 1. The molecule has 7 heteroatoms. The number of esters is 1. The summed E-state index contributed by atoms with van der Waals surface area (Å²) < 4.78 is 27.9. The molecule has 154 valence electrons. The Balaban J connectivity index is 2.09. The summed E-state index contributed by atoms with van der Waals surface area (Å²) in [5, 5.41) is 10.3. The predicted molar refractivity (Wildman–Crippen MR) is 105 cm³/mol. The van der Waals surface area contributed by atoms with Gasteiger partial charge in [-0.2, -0.15) is 0 Å². The van der Waals surface area contributed by atoms with Crippen LogP contribution in [0.1, 0.15) is 11.1 Å². The molecule has 0 radical (unpaired) electrons. The maximum atomic E-state index is 12.4. The highest BCUT2D eigenvalue weighted by Gasteiger charge is 2.41. The molecule has 1 heterocycles. The van der Waals surface area contributed by atoms with E-state index >= 15 is 0 Å². The summed E-state index contributed by atoms with van der Waals surface area (Å²) in [5.74, 6) is 1.64. The van der Waals surface area contributed by atoms with Crippen molar-refractivity contribution in [3.8, 4) is 39.9 Å². The van der Waals surface area contributed by atoms with Crippen LogP contribution in [0.2, 0.25) is 0 Å². The third-order valence-corrected chi connectivity index (χ3v) is 5.78. The standard InChI is InChI=1S/C22H24O7/c1-25-16-9-14(23)6-12-7-15-13(10-29-22(15)24)5-11-8-17(26-2)20(27-3)21(28-4)19(11)18(12)16/h6,8-9,13,15,23H,5,7,10H2,1-4H3/t13-,15-/m0/s1. The number of fused-ring (bicyclic) bond motifs is 4. The van der Waals surface area contributed by atoms with E-state index in [0.717, 1.165) is 22.3 Å². The fourth-order valence-corrected chi connectivity index (χ4v) is 4.48. The van der Waals surface area contributed by atoms with Crippen molar-refractivity contribution >= 4 is 5.97 Å². The summed E-state index contributed by atoms with van der Waals surface area (Å²) in [4.78, 5) is 12.4. The van der Waals surface area contributed by atoms with E-state index in [2.05, 4.69) is 0 Å². The van der Waals surface area contributed by atoms with Gasteiger partial charge in [-0.3, -0.25) is 4.79 Å². The largest absolute Gasteiger partial charge is 0.508 e. The molecule has 1 saturated heterocycles. The average molecular weight is 400 g/mol. The first kappa shape index (κ1) is 19.2. The number of aromatic hydroxyl groups is 1. The summed E-state index contributed by atoms with van der Waals surface area (Å²) in [6.45, 7) is 0.366. The third-order valence-electron chi connectivity index (χ3n) is 5.78. The van der Waals surface area contributed by atoms with Gasteiger partial charge in [-0.05, 0) is 36.1 Å². The van der Waals surface area contributed by atoms with Crippen LogP contribution in [-0.4, -0.2) is 46.1 Å². The van der Waals surface area contributed by atoms with Crippen molar-refractivity contribution in [1.82, 2.24) is 0 Å². The van der Waals surface area contributed by atoms with E-state index in [1.54, 1.807) is 40.6 Å². The number of cyclic esters (lactones) is 1. The summed E-state index contributed by atoms with van der Waals surface area (Å²) in [6.07, 6.45) is 1.06. The van der Waals surface area contributed by atoms with E-state index in [1.807, 2.05) is 6.07 Å². The first-order chi connectivity index (χ1) is 14.0. The molecule has 0 aromatic heterocycles. The number of methoxy groups -OCH3 is 4. The van der Waals surface area contributed by atoms with Crippen LogP contribution in [-0.2, 0) is 22.4 Å². The van der Waals surface area contributed by atoms with Gasteiger partial charge in [-0.25, -0.2) is 0 Å². The number of carbonyl (C=O) groups excluding carboxylic acids is 1. The molecule has 0 bridgehead atoms. The van der Waals surface area contributed by atoms with Gasteiger partial charge in [0.2, 0.25) is 5.75 Å². The number of rotatable bonds is 4. The number of ether oxygens (including phenoxy) is 5. The van der Waals surface area contributed by atoms with Gasteiger partial charge >= 0.3 is 5.97 Å². The number of hydrogen-bond acceptors (Lipinski definition) is 7. The van der Waals surface area contributed by atoms with Crippen LogP contribution in [0.15, 0.2) is 18.2 Å². The van der Waals surface area contributed by atoms with Gasteiger partial charge in [-0.1, -0.05) is 0 Å². The monoisotopic (exact) mass is 400 g/mol. The molecule has 7 nitrogen and oxygen atoms in total. The Morgan fingerprint density at radius 1 is 0.862 bits per heavy atom. The Bertz CT molecular complexity index is 966. The normalized spacial score (nSPS) is 19.8. The Morgan fingerprint density at radius 3 is 2.21 bits per heavy atom. The molecular weight excluding hydrogens is 376 g/mol. The van der Waals surface area contributed by atoms with Crippen LogP contribution in [0.4, 0.5) is 0 Å². The minimum atomic E-state index is -0.285. The van der Waals surface area contributed by atoms with E-state index in [1.165, 1.54) is 0 Å². The zero-order valence-corrected chi connectivity index (χ0v) is 16.9. The fraction of sp³-hybridized carbons (Fsp3) is 0.409. The lowest BCUT2D eigenvalue weighted by Crippen LogP contribution is -2.23. The van der Waals surface area contributed by atoms with E-state index in [-0.39, 0.29) is 23.6 Å². The van der Waals surface area contributed by atoms with Gasteiger partial charge in [0.15, 0.2) is 11.5 Å². The zero-order chi connectivity index (χ0) is 20.7. The van der Waals surface area contributed by atoms with Gasteiger partial charge in [-0.15, -0.1) is 0 Å². The van der Waals surface area contributed by atoms with Crippen molar-refractivity contribution in [3.05, 3.63) is 29.3 Å². The molecule has 4 rings (SSSR count). The van der Waals surface area contributed by atoms with Crippen LogP contribution in [0.25, 0.3) is 11.1 Å². The van der Waals surface area contributed by atoms with Crippen LogP contribution in [0, 0.1) is 11.8 Å². The Hall–Kier alpha value is -3.09. The number of hydrogen-bond donors (Lipinski definition) is 1. The van der Waals surface area contributed by atoms with Crippen molar-refractivity contribution in [2.45, 2.75) is 12.8 Å². The first-order valence-corrected chi connectivity index (χ1v) is 9.41. The lowest BCUT2D eigenvalue weighted by atomic mass is 9.77. The van der Waals surface area contributed by atoms with Gasteiger partial charge in [0.1, 0.15) is 11.5 Å². The molecule has 1 N–H and O–H groups in total. The predicted octanol–water partition coefficient (Wildman–Crippen LogP) is 2.98. The minimum Gasteiger partial charge on any atom is -0.508 e. The maximum absolute atomic E-state index is 12.4. The molecule has 29 heavy (non-hydrogen) atoms. The van der Waals surface area contributed by atoms with Crippen LogP contribution >= 0.6 is 0 Å². The molecule has 1 fully saturated rings. The molecule has 0 spiro atoms. The molecule has 2 aliphatic rings. The van der Waals surface area contributed by atoms with E-state index < -0.39 is 0 Å². The van der Waals surface area contributed by atoms with Crippen molar-refractivity contribution in [1.29, 1.82) is 0 Å². The van der Waals surface area contributed by atoms with Crippen LogP contribution in [0.3, 0.4) is 0 Å². The van der Waals surface area contributed by atoms with Gasteiger partial charge in [0.05, 0.1) is 41.0 Å². The molecule has 2 aromatic rings. The summed E-state index contributed by atoms with van der Waals surface area (Å²) in [7, 11) is 6.26. The average Bonchev–Trinajstić information content (AvgIpc) is 3.04. The van der Waals surface area contributed by atoms with Crippen molar-refractivity contribution < 1.29 is 33.6 Å². The van der Waals surface area contributed by atoms with Crippen LogP contribution in [0.5, 0.6) is 28.7 Å². The van der Waals surface area contributed by atoms with Gasteiger partial charge < -0.3 is 28.8 Å². The molecule has 0 saturated carbocycles. The SMILES string of the molecule is COc1cc2c(c(OC)c1OC)-c1c(cc(O)cc1OC)C[C@@H]1C(=O)OC[C@@H]1C2. The Kier molecular flexibility index (Phi) is 4.90. The molecule has 1 aliphatic heterocycles. The highest BCUT2D eigenvalue weighted by Crippen LogP contribution is 2.53. The summed E-state index contributed by atoms with van der Waals surface area (Å²) in [6, 6.07) is 5.15.